The fourth-order valence-corrected chi connectivity index (χ4v) is 15.6. The van der Waals surface area contributed by atoms with Gasteiger partial charge in [0.15, 0.2) is 11.6 Å². The summed E-state index contributed by atoms with van der Waals surface area (Å²) in [5.41, 5.74) is 17.6. The maximum atomic E-state index is 12.9. The molecule has 43 heteroatoms. The molecule has 16 rings (SSSR count). The maximum absolute atomic E-state index is 12.9. The van der Waals surface area contributed by atoms with Crippen LogP contribution < -0.4 is 69.9 Å². The molecule has 1 atom stereocenters. The van der Waals surface area contributed by atoms with E-state index in [2.05, 4.69) is 91.7 Å². The van der Waals surface area contributed by atoms with E-state index in [-0.39, 0.29) is 169 Å². The molecule has 4 fully saturated rings. The standard InChI is InChI=1S/C23H30N4O3.C23H28N4O3.C20H26BNO5.C18H19N3O3.C4H5BrN2.C4H9NO.4C3H8O.C2H4O2.B.2Na.H2O.Ti.H/c2*1-15(2)30-23(28)20-11-19-10-18(21-13-25(5)14-24-21)12-27(19)22(16(20)3)17(4)26-6-8-29-9-7-26;1-8-25-18(24)16-10-15-9-14(11-22(15)17(12(16)2)13(3)23)21-26-19(4,5)20(6,7)27-21;1-5-24-18(23)15-7-14-6-13(16-9-20(4)10-19-16)8-21(14)17(11(15)2)12(3)22;1-7-2-4(5)6-3-7;1-3-6-4-2-5-1;4*1-3(2)4;1-2(3)4;;;;;;/h10-15,17H,6-9H2,1-5H3;10-15H,4,6-9H2,1-3,5H3;9-11H,8H2,1-7H3;6-10H,5H2,1-4H3;2-3H,1H3;5H,1-4H2;4*3-4H,1-2H3;1H3,(H,3,4);;;;1H2;;/q;;;;;;;;;;;;2*+1;;;-1/p-1. The number of hydrogen-bond donors (Lipinski definition) is 6. The number of aromatic nitrogens is 12. The van der Waals surface area contributed by atoms with Crippen molar-refractivity contribution in [2.45, 2.75) is 234 Å². The fraction of sp³-hybridized carbons (Fsp3) is 0.500. The third kappa shape index (κ3) is 41.7. The largest absolute Gasteiger partial charge is 1.00 e. The van der Waals surface area contributed by atoms with Crippen molar-refractivity contribution in [3.8, 4) is 33.8 Å². The Morgan fingerprint density at radius 3 is 1.07 bits per heavy atom. The average molecular weight is 2190 g/mol. The summed E-state index contributed by atoms with van der Waals surface area (Å²) in [5, 5.41) is 42.8. The maximum Gasteiger partial charge on any atom is 1.00 e. The number of imidazole rings is 4. The summed E-state index contributed by atoms with van der Waals surface area (Å²) in [7, 11) is 7.19. The number of carbonyl (C=O) groups is 7. The monoisotopic (exact) mass is 2190 g/mol. The molecule has 7 N–H and O–H groups in total. The van der Waals surface area contributed by atoms with Gasteiger partial charge in [0.25, 0.3) is 5.97 Å². The summed E-state index contributed by atoms with van der Waals surface area (Å²) in [5.74, 6) is -2.51. The molecule has 3 radical (unpaired) electrons. The zero-order valence-corrected chi connectivity index (χ0v) is 100. The van der Waals surface area contributed by atoms with Crippen molar-refractivity contribution in [3.63, 3.8) is 0 Å². The number of carbonyl (C=O) groups excluding carboxylic acids is 6. The number of fused-ring (bicyclic) bond motifs is 4. The smallest absolute Gasteiger partial charge is 1.00 e. The number of ketones is 2. The van der Waals surface area contributed by atoms with Crippen LogP contribution in [0.5, 0.6) is 0 Å². The Balaban J connectivity index is 0.00000177. The van der Waals surface area contributed by atoms with Crippen molar-refractivity contribution >= 4 is 106 Å². The predicted octanol–water partition coefficient (Wildman–Crippen LogP) is 9.07. The number of aryl methyl sites for hydroxylation is 4. The SMILES string of the molecule is C1COCCN1.C=C(c1c(C)c(C(=O)OC(C)C)cc2cc(-c3cn(C)cn3)cn12)N1CCOCC1.CC(=O)O.CC(C)O.CC(C)O.CC(C)O.CC(C)O.CCOC(=O)c1cc2cc(-c3cn(C)cn3)cn2c(C(C)=O)c1C.CCOC(=O)c1cc2cc(B3OC(C)(C)C(C)(C)O3)cn2c(C(C)=O)c1C.Cc1c(C(=O)OC(C)C)cc2cc(-c3cn(C)cn3)cn2c1C(C)N1CCOCC1.Cn1cnc(Br)c1.[B].[H-].[Na+].[Na+].[OH-].[Ti]. The number of morpholine rings is 3. The van der Waals surface area contributed by atoms with Crippen LogP contribution >= 0.6 is 15.9 Å². The van der Waals surface area contributed by atoms with Crippen molar-refractivity contribution in [1.82, 2.24) is 70.9 Å². The minimum Gasteiger partial charge on any atom is -1.00 e. The Kier molecular flexibility index (Phi) is 60.6. The number of esters is 4. The molecule has 149 heavy (non-hydrogen) atoms. The molecule has 0 saturated carbocycles. The van der Waals surface area contributed by atoms with Crippen molar-refractivity contribution in [2.24, 2.45) is 28.2 Å². The summed E-state index contributed by atoms with van der Waals surface area (Å²) in [6, 6.07) is 15.4. The fourth-order valence-electron chi connectivity index (χ4n) is 15.2. The summed E-state index contributed by atoms with van der Waals surface area (Å²) in [6.45, 7) is 61.4. The van der Waals surface area contributed by atoms with Gasteiger partial charge < -0.3 is 121 Å². The van der Waals surface area contributed by atoms with Gasteiger partial charge in [-0.15, -0.1) is 0 Å². The van der Waals surface area contributed by atoms with Crippen LogP contribution in [0.1, 0.15) is 256 Å². The first-order valence-electron chi connectivity index (χ1n) is 48.4. The summed E-state index contributed by atoms with van der Waals surface area (Å²) < 4.78 is 66.0. The molecule has 16 heterocycles. The molecule has 0 aromatic carbocycles. The van der Waals surface area contributed by atoms with E-state index in [1.807, 2.05) is 188 Å². The number of carboxylic acid groups (broad SMARTS) is 1. The van der Waals surface area contributed by atoms with Gasteiger partial charge >= 0.3 is 90.1 Å². The Hall–Kier alpha value is -9.05. The number of nitrogens with zero attached hydrogens (tertiary/aromatic N) is 14. The molecule has 0 bridgehead atoms. The molecule has 0 aliphatic carbocycles. The van der Waals surface area contributed by atoms with Crippen molar-refractivity contribution in [2.75, 3.05) is 92.1 Å². The van der Waals surface area contributed by atoms with E-state index in [1.165, 1.54) is 13.8 Å². The van der Waals surface area contributed by atoms with Crippen molar-refractivity contribution in [3.05, 3.63) is 202 Å². The number of aliphatic hydroxyl groups is 4. The van der Waals surface area contributed by atoms with Gasteiger partial charge in [-0.3, -0.25) is 19.3 Å². The number of Topliss-reactive ketones (excluding diaryl/α,β-unsaturated/α-hetero) is 2. The summed E-state index contributed by atoms with van der Waals surface area (Å²) in [4.78, 5) is 106. The zero-order chi connectivity index (χ0) is 108. The molecule has 4 aliphatic heterocycles. The molecular weight excluding hydrogens is 2030 g/mol. The van der Waals surface area contributed by atoms with Crippen molar-refractivity contribution in [1.29, 1.82) is 0 Å². The third-order valence-electron chi connectivity index (χ3n) is 22.1. The van der Waals surface area contributed by atoms with Crippen molar-refractivity contribution < 1.29 is 189 Å². The molecule has 0 amide bonds. The van der Waals surface area contributed by atoms with Gasteiger partial charge in [-0.2, -0.15) is 0 Å². The second-order valence-electron chi connectivity index (χ2n) is 37.6. The second-order valence-corrected chi connectivity index (χ2v) is 38.4. The molecule has 805 valence electrons. The normalized spacial score (nSPS) is 13.8. The third-order valence-corrected chi connectivity index (χ3v) is 22.5. The number of pyridine rings is 4. The number of hydrogen-bond acceptors (Lipinski definition) is 28. The van der Waals surface area contributed by atoms with Gasteiger partial charge in [0.05, 0.1) is 164 Å². The van der Waals surface area contributed by atoms with Crippen LogP contribution in [-0.4, -0.2) is 294 Å². The molecular formula is C106H155B2BrN15Na2O22Ti. The van der Waals surface area contributed by atoms with Crippen LogP contribution in [0.2, 0.25) is 0 Å². The van der Waals surface area contributed by atoms with E-state index in [0.717, 1.165) is 167 Å². The van der Waals surface area contributed by atoms with E-state index in [0.29, 0.717) is 64.6 Å². The number of aliphatic hydroxyl groups excluding tert-OH is 4. The Bertz CT molecular complexity index is 6180. The van der Waals surface area contributed by atoms with Crippen LogP contribution in [0.3, 0.4) is 0 Å². The number of rotatable bonds is 18. The van der Waals surface area contributed by atoms with E-state index in [9.17, 15) is 28.8 Å². The Morgan fingerprint density at radius 2 is 0.765 bits per heavy atom. The summed E-state index contributed by atoms with van der Waals surface area (Å²) >= 11 is 3.20. The number of halogens is 1. The van der Waals surface area contributed by atoms with Gasteiger partial charge in [-0.25, -0.2) is 39.1 Å². The van der Waals surface area contributed by atoms with Gasteiger partial charge in [-0.1, -0.05) is 6.58 Å². The molecule has 1 unspecified atom stereocenters. The topological polar surface area (TPSA) is 441 Å². The first kappa shape index (κ1) is 138. The molecule has 4 saturated heterocycles. The molecule has 12 aromatic heterocycles. The van der Waals surface area contributed by atoms with Gasteiger partial charge in [0.2, 0.25) is 0 Å². The van der Waals surface area contributed by atoms with E-state index in [4.69, 9.17) is 72.8 Å². The zero-order valence-electron chi connectivity index (χ0n) is 94.2. The minimum atomic E-state index is -0.833. The number of aliphatic carboxylic acids is 1. The van der Waals surface area contributed by atoms with Gasteiger partial charge in [-0.05, 0) is 246 Å². The first-order chi connectivity index (χ1) is 67.5. The first-order valence-corrected chi connectivity index (χ1v) is 49.2. The molecule has 12 aromatic rings. The Morgan fingerprint density at radius 1 is 0.463 bits per heavy atom. The molecule has 0 spiro atoms. The van der Waals surface area contributed by atoms with E-state index >= 15 is 0 Å². The van der Waals surface area contributed by atoms with Crippen LogP contribution in [0.25, 0.3) is 61.5 Å². The second kappa shape index (κ2) is 65.5. The van der Waals surface area contributed by atoms with Crippen LogP contribution in [0.15, 0.2) is 135 Å². The minimum absolute atomic E-state index is 0. The average Bonchev–Trinajstić information content (AvgIpc) is 1.60. The quantitative estimate of drug-likeness (QED) is 0.0202. The van der Waals surface area contributed by atoms with Gasteiger partial charge in [0.1, 0.15) is 4.60 Å². The van der Waals surface area contributed by atoms with Crippen LogP contribution in [0.4, 0.5) is 0 Å². The summed E-state index contributed by atoms with van der Waals surface area (Å²) in [6.07, 6.45) is 21.7. The predicted molar refractivity (Wildman–Crippen MR) is 572 cm³/mol. The van der Waals surface area contributed by atoms with Gasteiger partial charge in [0, 0.05) is 248 Å². The molecule has 4 aliphatic rings. The number of nitrogens with one attached hydrogen (secondary N) is 1. The number of ether oxygens (including phenoxy) is 7. The van der Waals surface area contributed by atoms with E-state index in [1.54, 1.807) is 125 Å². The van der Waals surface area contributed by atoms with Crippen LogP contribution in [0, 0.1) is 27.7 Å². The van der Waals surface area contributed by atoms with E-state index < -0.39 is 36.2 Å². The molecule has 37 nitrogen and oxygen atoms in total. The Labute approximate surface area is 948 Å². The number of carboxylic acids is 1. The van der Waals surface area contributed by atoms with Crippen LogP contribution in [-0.2, 0) is 97.2 Å².